The molecule has 0 atom stereocenters. The second-order valence-corrected chi connectivity index (χ2v) is 13.2. The molecule has 7 aromatic rings. The Kier molecular flexibility index (Phi) is 9.20. The van der Waals surface area contributed by atoms with Crippen molar-refractivity contribution >= 4 is 21.8 Å². The molecule has 7 rings (SSSR count). The SMILES string of the molecule is Cc1ccnc(-n2c3[c-]c(Oc4[c-]c(-n5cc(-c6c(C)c(C)c(C)c(C)c6C)cn5)cc(CC(C)C)c4)ccc3c3ccccc32)c1.[Pt+2]. The van der Waals surface area contributed by atoms with Gasteiger partial charge >= 0.3 is 21.1 Å². The third-order valence-corrected chi connectivity index (χ3v) is 9.56. The molecule has 3 heterocycles. The fraction of sp³-hybridized carbons (Fsp3) is 0.238. The third-order valence-electron chi connectivity index (χ3n) is 9.56. The van der Waals surface area contributed by atoms with E-state index in [-0.39, 0.29) is 21.1 Å². The Morgan fingerprint density at radius 1 is 0.771 bits per heavy atom. The van der Waals surface area contributed by atoms with Crippen molar-refractivity contribution < 1.29 is 25.8 Å². The van der Waals surface area contributed by atoms with E-state index in [2.05, 4.69) is 127 Å². The van der Waals surface area contributed by atoms with E-state index >= 15 is 0 Å². The zero-order chi connectivity index (χ0) is 33.0. The zero-order valence-electron chi connectivity index (χ0n) is 28.8. The van der Waals surface area contributed by atoms with E-state index < -0.39 is 0 Å². The molecule has 0 bridgehead atoms. The van der Waals surface area contributed by atoms with E-state index in [1.807, 2.05) is 29.2 Å². The first kappa shape index (κ1) is 33.4. The average molecular weight is 812 g/mol. The Labute approximate surface area is 297 Å². The van der Waals surface area contributed by atoms with Gasteiger partial charge in [-0.1, -0.05) is 37.6 Å². The van der Waals surface area contributed by atoms with Crippen LogP contribution in [0.5, 0.6) is 11.5 Å². The Morgan fingerprint density at radius 3 is 2.23 bits per heavy atom. The normalized spacial score (nSPS) is 11.4. The molecule has 0 saturated heterocycles. The number of para-hydroxylation sites is 1. The van der Waals surface area contributed by atoms with Crippen LogP contribution < -0.4 is 4.74 Å². The number of benzene rings is 4. The van der Waals surface area contributed by atoms with Crippen LogP contribution in [0.25, 0.3) is 44.4 Å². The van der Waals surface area contributed by atoms with E-state index in [1.165, 1.54) is 38.9 Å². The van der Waals surface area contributed by atoms with Gasteiger partial charge in [0.1, 0.15) is 5.82 Å². The number of pyridine rings is 1. The number of hydrogen-bond donors (Lipinski definition) is 0. The van der Waals surface area contributed by atoms with Crippen LogP contribution in [-0.2, 0) is 27.5 Å². The van der Waals surface area contributed by atoms with Crippen molar-refractivity contribution in [3.05, 3.63) is 130 Å². The molecule has 3 aromatic heterocycles. The quantitative estimate of drug-likeness (QED) is 0.151. The van der Waals surface area contributed by atoms with Gasteiger partial charge in [-0.05, 0) is 122 Å². The summed E-state index contributed by atoms with van der Waals surface area (Å²) in [6.07, 6.45) is 6.85. The number of fused-ring (bicyclic) bond motifs is 3. The van der Waals surface area contributed by atoms with Crippen molar-refractivity contribution in [2.45, 2.75) is 61.8 Å². The molecule has 0 aliphatic rings. The summed E-state index contributed by atoms with van der Waals surface area (Å²) in [6, 6.07) is 28.0. The molecule has 0 N–H and O–H groups in total. The van der Waals surface area contributed by atoms with Crippen LogP contribution in [0.2, 0.25) is 0 Å². The summed E-state index contributed by atoms with van der Waals surface area (Å²) < 4.78 is 10.7. The summed E-state index contributed by atoms with van der Waals surface area (Å²) in [7, 11) is 0. The maximum absolute atomic E-state index is 6.57. The molecular weight excluding hydrogens is 772 g/mol. The molecule has 6 heteroatoms. The van der Waals surface area contributed by atoms with Gasteiger partial charge in [-0.2, -0.15) is 16.7 Å². The van der Waals surface area contributed by atoms with Gasteiger partial charge in [-0.3, -0.25) is 4.68 Å². The maximum Gasteiger partial charge on any atom is 2.00 e. The minimum Gasteiger partial charge on any atom is -0.509 e. The van der Waals surface area contributed by atoms with Crippen LogP contribution in [0.4, 0.5) is 0 Å². The summed E-state index contributed by atoms with van der Waals surface area (Å²) in [4.78, 5) is 4.71. The Balaban J connectivity index is 0.00000401. The average Bonchev–Trinajstić information content (AvgIpc) is 3.66. The van der Waals surface area contributed by atoms with E-state index in [9.17, 15) is 0 Å². The summed E-state index contributed by atoms with van der Waals surface area (Å²) in [5, 5.41) is 7.08. The zero-order valence-corrected chi connectivity index (χ0v) is 31.1. The maximum atomic E-state index is 6.57. The van der Waals surface area contributed by atoms with Gasteiger partial charge in [0, 0.05) is 35.0 Å². The number of hydrogen-bond acceptors (Lipinski definition) is 3. The Bertz CT molecular complexity index is 2280. The molecule has 0 aliphatic carbocycles. The van der Waals surface area contributed by atoms with Gasteiger partial charge in [-0.25, -0.2) is 4.98 Å². The molecule has 0 saturated carbocycles. The van der Waals surface area contributed by atoms with Crippen molar-refractivity contribution in [3.8, 4) is 34.1 Å². The number of ether oxygens (including phenoxy) is 1. The van der Waals surface area contributed by atoms with Crippen LogP contribution in [0.1, 0.15) is 52.8 Å². The van der Waals surface area contributed by atoms with Gasteiger partial charge in [-0.15, -0.1) is 35.7 Å². The predicted octanol–water partition coefficient (Wildman–Crippen LogP) is 10.5. The van der Waals surface area contributed by atoms with Crippen molar-refractivity contribution in [2.24, 2.45) is 5.92 Å². The molecule has 0 aliphatic heterocycles. The van der Waals surface area contributed by atoms with Crippen LogP contribution in [-0.4, -0.2) is 19.3 Å². The number of aryl methyl sites for hydroxylation is 1. The van der Waals surface area contributed by atoms with E-state index in [4.69, 9.17) is 14.8 Å². The molecule has 0 radical (unpaired) electrons. The van der Waals surface area contributed by atoms with Gasteiger partial charge in [0.05, 0.1) is 6.20 Å². The topological polar surface area (TPSA) is 44.9 Å². The van der Waals surface area contributed by atoms with E-state index in [0.717, 1.165) is 50.9 Å². The first-order valence-electron chi connectivity index (χ1n) is 16.3. The minimum atomic E-state index is 0. The van der Waals surface area contributed by atoms with Crippen LogP contribution in [0, 0.1) is 59.6 Å². The van der Waals surface area contributed by atoms with Crippen molar-refractivity contribution in [1.82, 2.24) is 19.3 Å². The number of aromatic nitrogens is 4. The minimum absolute atomic E-state index is 0. The van der Waals surface area contributed by atoms with E-state index in [1.54, 1.807) is 0 Å². The second-order valence-electron chi connectivity index (χ2n) is 13.2. The Morgan fingerprint density at radius 2 is 1.50 bits per heavy atom. The molecule has 0 fully saturated rings. The molecule has 4 aromatic carbocycles. The van der Waals surface area contributed by atoms with Crippen LogP contribution in [0.15, 0.2) is 79.3 Å². The summed E-state index contributed by atoms with van der Waals surface area (Å²) in [6.45, 7) is 17.6. The summed E-state index contributed by atoms with van der Waals surface area (Å²) in [5.74, 6) is 2.60. The fourth-order valence-electron chi connectivity index (χ4n) is 6.80. The van der Waals surface area contributed by atoms with E-state index in [0.29, 0.717) is 17.4 Å². The summed E-state index contributed by atoms with van der Waals surface area (Å²) >= 11 is 0. The van der Waals surface area contributed by atoms with Crippen molar-refractivity contribution in [1.29, 1.82) is 0 Å². The first-order chi connectivity index (χ1) is 22.6. The summed E-state index contributed by atoms with van der Waals surface area (Å²) in [5.41, 5.74) is 14.2. The smallest absolute Gasteiger partial charge is 0.509 e. The second kappa shape index (κ2) is 13.2. The standard InChI is InChI=1S/C42H40N4O.Pt/c1-25(2)17-32-19-34(45-24-33(23-44-45)42-30(7)28(5)27(4)29(6)31(42)8)21-36(20-32)47-35-13-14-38-37-11-9-10-12-39(37)46(40(38)22-35)41-18-26(3)15-16-43-41;/h9-16,18-20,23-25H,17H2,1-8H3;/q-2;+2. The van der Waals surface area contributed by atoms with Gasteiger partial charge < -0.3 is 9.30 Å². The van der Waals surface area contributed by atoms with Crippen LogP contribution in [0.3, 0.4) is 0 Å². The molecule has 244 valence electrons. The fourth-order valence-corrected chi connectivity index (χ4v) is 6.80. The molecule has 0 amide bonds. The predicted molar refractivity (Wildman–Crippen MR) is 192 cm³/mol. The molecular formula is C42H40N4OPt. The van der Waals surface area contributed by atoms with Gasteiger partial charge in [0.25, 0.3) is 0 Å². The molecule has 5 nitrogen and oxygen atoms in total. The van der Waals surface area contributed by atoms with Gasteiger partial charge in [0.2, 0.25) is 0 Å². The number of rotatable bonds is 7. The van der Waals surface area contributed by atoms with Gasteiger partial charge in [0.15, 0.2) is 0 Å². The Hall–Kier alpha value is -4.47. The molecule has 0 unspecified atom stereocenters. The molecule has 0 spiro atoms. The third kappa shape index (κ3) is 6.01. The first-order valence-corrected chi connectivity index (χ1v) is 16.3. The number of nitrogens with zero attached hydrogens (tertiary/aromatic N) is 4. The largest absolute Gasteiger partial charge is 2.00 e. The van der Waals surface area contributed by atoms with Crippen LogP contribution >= 0.6 is 0 Å². The molecule has 48 heavy (non-hydrogen) atoms. The monoisotopic (exact) mass is 811 g/mol. The van der Waals surface area contributed by atoms with Crippen molar-refractivity contribution in [2.75, 3.05) is 0 Å². The van der Waals surface area contributed by atoms with Crippen molar-refractivity contribution in [3.63, 3.8) is 0 Å².